The molecule has 5 nitrogen and oxygen atoms in total. The zero-order chi connectivity index (χ0) is 17.4. The molecule has 2 heterocycles. The van der Waals surface area contributed by atoms with Crippen LogP contribution in [0.1, 0.15) is 11.1 Å². The summed E-state index contributed by atoms with van der Waals surface area (Å²) in [6, 6.07) is 15.3. The van der Waals surface area contributed by atoms with E-state index < -0.39 is 0 Å². The number of hydrogen-bond donors (Lipinski definition) is 0. The van der Waals surface area contributed by atoms with Crippen LogP contribution in [-0.4, -0.2) is 19.3 Å². The lowest BCUT2D eigenvalue weighted by Gasteiger charge is -2.07. The molecule has 0 saturated carbocycles. The van der Waals surface area contributed by atoms with E-state index in [2.05, 4.69) is 10.1 Å². The van der Waals surface area contributed by atoms with Gasteiger partial charge in [-0.1, -0.05) is 41.4 Å². The van der Waals surface area contributed by atoms with Crippen LogP contribution in [0.15, 0.2) is 65.8 Å². The number of aromatic nitrogens is 4. The summed E-state index contributed by atoms with van der Waals surface area (Å²) in [6.07, 6.45) is 3.13. The Morgan fingerprint density at radius 1 is 1.04 bits per heavy atom. The van der Waals surface area contributed by atoms with Crippen molar-refractivity contribution in [1.29, 1.82) is 0 Å². The van der Waals surface area contributed by atoms with Crippen molar-refractivity contribution in [3.8, 4) is 5.69 Å². The van der Waals surface area contributed by atoms with Crippen molar-refractivity contribution in [1.82, 2.24) is 19.3 Å². The molecule has 0 bridgehead atoms. The lowest BCUT2D eigenvalue weighted by atomic mass is 10.1. The van der Waals surface area contributed by atoms with Gasteiger partial charge in [0.2, 0.25) is 0 Å². The topological polar surface area (TPSA) is 52.7 Å². The van der Waals surface area contributed by atoms with Crippen LogP contribution < -0.4 is 5.56 Å². The average molecular weight is 351 g/mol. The molecular weight excluding hydrogens is 336 g/mol. The fraction of sp³-hybridized carbons (Fsp3) is 0.105. The number of rotatable bonds is 3. The number of hydrogen-bond acceptors (Lipinski definition) is 3. The second-order valence-corrected chi connectivity index (χ2v) is 6.37. The number of fused-ring (bicyclic) bond motifs is 1. The molecule has 0 fully saturated rings. The number of benzene rings is 2. The Balaban J connectivity index is 1.75. The summed E-state index contributed by atoms with van der Waals surface area (Å²) in [7, 11) is 0. The molecule has 0 atom stereocenters. The van der Waals surface area contributed by atoms with E-state index in [-0.39, 0.29) is 5.56 Å². The first-order valence-electron chi connectivity index (χ1n) is 7.86. The minimum atomic E-state index is -0.106. The minimum absolute atomic E-state index is 0.106. The van der Waals surface area contributed by atoms with Gasteiger partial charge in [-0.2, -0.15) is 5.10 Å². The average Bonchev–Trinajstić information content (AvgIpc) is 3.05. The van der Waals surface area contributed by atoms with Crippen LogP contribution in [0.25, 0.3) is 16.7 Å². The second-order valence-electron chi connectivity index (χ2n) is 5.93. The molecule has 2 aromatic carbocycles. The van der Waals surface area contributed by atoms with Gasteiger partial charge in [0.1, 0.15) is 11.7 Å². The first-order valence-corrected chi connectivity index (χ1v) is 8.24. The molecule has 0 N–H and O–H groups in total. The van der Waals surface area contributed by atoms with Crippen LogP contribution in [0, 0.1) is 6.92 Å². The Morgan fingerprint density at radius 3 is 2.48 bits per heavy atom. The van der Waals surface area contributed by atoms with Gasteiger partial charge in [-0.15, -0.1) is 0 Å². The third-order valence-corrected chi connectivity index (χ3v) is 4.35. The quantitative estimate of drug-likeness (QED) is 0.567. The molecule has 0 amide bonds. The van der Waals surface area contributed by atoms with Gasteiger partial charge in [0.25, 0.3) is 5.56 Å². The number of halogens is 1. The smallest absolute Gasteiger partial charge is 0.264 e. The lowest BCUT2D eigenvalue weighted by Crippen LogP contribution is -2.21. The largest absolute Gasteiger partial charge is 0.294 e. The zero-order valence-electron chi connectivity index (χ0n) is 13.6. The Morgan fingerprint density at radius 2 is 1.76 bits per heavy atom. The summed E-state index contributed by atoms with van der Waals surface area (Å²) in [5, 5.41) is 5.45. The molecule has 0 saturated heterocycles. The van der Waals surface area contributed by atoms with Gasteiger partial charge in [0, 0.05) is 5.02 Å². The SMILES string of the molecule is Cc1ccc(Cn2cnc3c(cnn3-c3ccc(Cl)cc3)c2=O)cc1. The molecular formula is C19H15ClN4O. The second kappa shape index (κ2) is 6.18. The Hall–Kier alpha value is -2.92. The summed E-state index contributed by atoms with van der Waals surface area (Å²) in [5.41, 5.74) is 3.48. The highest BCUT2D eigenvalue weighted by Gasteiger charge is 2.11. The predicted molar refractivity (Wildman–Crippen MR) is 98.4 cm³/mol. The third-order valence-electron chi connectivity index (χ3n) is 4.10. The standard InChI is InChI=1S/C19H15ClN4O/c1-13-2-4-14(5-3-13)11-23-12-21-18-17(19(23)25)10-22-24(18)16-8-6-15(20)7-9-16/h2-10,12H,11H2,1H3. The van der Waals surface area contributed by atoms with Gasteiger partial charge in [-0.25, -0.2) is 9.67 Å². The Kier molecular flexibility index (Phi) is 3.86. The van der Waals surface area contributed by atoms with Gasteiger partial charge in [-0.05, 0) is 36.8 Å². The first kappa shape index (κ1) is 15.6. The van der Waals surface area contributed by atoms with E-state index >= 15 is 0 Å². The van der Waals surface area contributed by atoms with Gasteiger partial charge in [0.15, 0.2) is 5.65 Å². The molecule has 4 aromatic rings. The summed E-state index contributed by atoms with van der Waals surface area (Å²) in [4.78, 5) is 17.2. The van der Waals surface area contributed by atoms with Crippen molar-refractivity contribution < 1.29 is 0 Å². The van der Waals surface area contributed by atoms with Crippen LogP contribution >= 0.6 is 11.6 Å². The highest BCUT2D eigenvalue weighted by molar-refractivity contribution is 6.30. The Bertz CT molecular complexity index is 1100. The van der Waals surface area contributed by atoms with E-state index in [9.17, 15) is 4.79 Å². The van der Waals surface area contributed by atoms with Gasteiger partial charge in [0.05, 0.1) is 18.4 Å². The summed E-state index contributed by atoms with van der Waals surface area (Å²) < 4.78 is 3.24. The van der Waals surface area contributed by atoms with E-state index in [4.69, 9.17) is 11.6 Å². The normalized spacial score (nSPS) is 11.1. The van der Waals surface area contributed by atoms with Crippen molar-refractivity contribution in [2.45, 2.75) is 13.5 Å². The van der Waals surface area contributed by atoms with Crippen LogP contribution in [0.5, 0.6) is 0 Å². The molecule has 4 rings (SSSR count). The first-order chi connectivity index (χ1) is 12.1. The van der Waals surface area contributed by atoms with Crippen LogP contribution in [0.3, 0.4) is 0 Å². The third kappa shape index (κ3) is 2.94. The monoisotopic (exact) mass is 350 g/mol. The molecule has 2 aromatic heterocycles. The van der Waals surface area contributed by atoms with Crippen LogP contribution in [0.2, 0.25) is 5.02 Å². The maximum atomic E-state index is 12.7. The molecule has 6 heteroatoms. The van der Waals surface area contributed by atoms with Crippen molar-refractivity contribution in [3.63, 3.8) is 0 Å². The minimum Gasteiger partial charge on any atom is -0.294 e. The van der Waals surface area contributed by atoms with Crippen molar-refractivity contribution in [2.75, 3.05) is 0 Å². The predicted octanol–water partition coefficient (Wildman–Crippen LogP) is 3.59. The van der Waals surface area contributed by atoms with Crippen molar-refractivity contribution in [3.05, 3.63) is 87.6 Å². The Labute approximate surface area is 149 Å². The molecule has 0 aliphatic carbocycles. The van der Waals surface area contributed by atoms with Gasteiger partial charge in [-0.3, -0.25) is 9.36 Å². The highest BCUT2D eigenvalue weighted by Crippen LogP contribution is 2.16. The van der Waals surface area contributed by atoms with E-state index in [1.165, 1.54) is 5.56 Å². The maximum absolute atomic E-state index is 12.7. The summed E-state index contributed by atoms with van der Waals surface area (Å²) in [6.45, 7) is 2.52. The van der Waals surface area contributed by atoms with Crippen molar-refractivity contribution in [2.24, 2.45) is 0 Å². The molecule has 0 aliphatic heterocycles. The van der Waals surface area contributed by atoms with E-state index in [0.717, 1.165) is 11.3 Å². The molecule has 0 aliphatic rings. The maximum Gasteiger partial charge on any atom is 0.264 e. The zero-order valence-corrected chi connectivity index (χ0v) is 14.3. The van der Waals surface area contributed by atoms with Crippen LogP contribution in [-0.2, 0) is 6.54 Å². The fourth-order valence-corrected chi connectivity index (χ4v) is 2.85. The number of nitrogens with zero attached hydrogens (tertiary/aromatic N) is 4. The summed E-state index contributed by atoms with van der Waals surface area (Å²) in [5.74, 6) is 0. The summed E-state index contributed by atoms with van der Waals surface area (Å²) >= 11 is 5.93. The van der Waals surface area contributed by atoms with E-state index in [1.807, 2.05) is 43.3 Å². The van der Waals surface area contributed by atoms with E-state index in [0.29, 0.717) is 22.6 Å². The highest BCUT2D eigenvalue weighted by atomic mass is 35.5. The molecule has 25 heavy (non-hydrogen) atoms. The molecule has 124 valence electrons. The lowest BCUT2D eigenvalue weighted by molar-refractivity contribution is 0.745. The van der Waals surface area contributed by atoms with Crippen LogP contribution in [0.4, 0.5) is 0 Å². The molecule has 0 radical (unpaired) electrons. The van der Waals surface area contributed by atoms with Gasteiger partial charge >= 0.3 is 0 Å². The van der Waals surface area contributed by atoms with Gasteiger partial charge < -0.3 is 0 Å². The van der Waals surface area contributed by atoms with Crippen molar-refractivity contribution >= 4 is 22.6 Å². The molecule has 0 spiro atoms. The van der Waals surface area contributed by atoms with E-state index in [1.54, 1.807) is 33.9 Å². The number of aryl methyl sites for hydroxylation is 1. The fourth-order valence-electron chi connectivity index (χ4n) is 2.72. The molecule has 0 unspecified atom stereocenters.